The second kappa shape index (κ2) is 12.2. The fourth-order valence-electron chi connectivity index (χ4n) is 2.88. The number of hydrogen-bond acceptors (Lipinski definition) is 2. The zero-order valence-corrected chi connectivity index (χ0v) is 18.7. The lowest BCUT2D eigenvalue weighted by molar-refractivity contribution is 0.0258. The minimum Gasteiger partial charge on any atom is -0.378 e. The van der Waals surface area contributed by atoms with Crippen LogP contribution in [0.15, 0.2) is 35.3 Å². The molecule has 0 aliphatic carbocycles. The lowest BCUT2D eigenvalue weighted by Gasteiger charge is -2.21. The quantitative estimate of drug-likeness (QED) is 0.290. The van der Waals surface area contributed by atoms with Crippen molar-refractivity contribution in [1.29, 1.82) is 0 Å². The number of ether oxygens (including phenoxy) is 1. The van der Waals surface area contributed by atoms with Gasteiger partial charge in [0, 0.05) is 30.9 Å². The Bertz CT molecular complexity index is 636. The lowest BCUT2D eigenvalue weighted by Crippen LogP contribution is -2.39. The van der Waals surface area contributed by atoms with E-state index in [1.807, 2.05) is 6.07 Å². The second-order valence-electron chi connectivity index (χ2n) is 6.53. The average molecular weight is 472 g/mol. The molecule has 6 heteroatoms. The summed E-state index contributed by atoms with van der Waals surface area (Å²) in [5.74, 6) is 1.37. The summed E-state index contributed by atoms with van der Waals surface area (Å²) in [5, 5.41) is 7.94. The third kappa shape index (κ3) is 7.15. The van der Waals surface area contributed by atoms with Gasteiger partial charge in [-0.2, -0.15) is 0 Å². The van der Waals surface area contributed by atoms with E-state index in [0.29, 0.717) is 12.5 Å². The highest BCUT2D eigenvalue weighted by Gasteiger charge is 2.13. The molecule has 1 heterocycles. The van der Waals surface area contributed by atoms with E-state index < -0.39 is 0 Å². The summed E-state index contributed by atoms with van der Waals surface area (Å²) in [7, 11) is 0. The fourth-order valence-corrected chi connectivity index (χ4v) is 2.88. The average Bonchev–Trinajstić information content (AvgIpc) is 3.01. The van der Waals surface area contributed by atoms with E-state index >= 15 is 0 Å². The van der Waals surface area contributed by atoms with Crippen LogP contribution in [0.25, 0.3) is 10.9 Å². The number of para-hydroxylation sites is 1. The molecule has 0 saturated carbocycles. The molecule has 5 nitrogen and oxygen atoms in total. The van der Waals surface area contributed by atoms with Crippen LogP contribution >= 0.6 is 24.0 Å². The van der Waals surface area contributed by atoms with Crippen LogP contribution in [0.5, 0.6) is 0 Å². The lowest BCUT2D eigenvalue weighted by atomic mass is 10.0. The maximum absolute atomic E-state index is 5.80. The first-order valence-electron chi connectivity index (χ1n) is 9.34. The molecule has 0 fully saturated rings. The Morgan fingerprint density at radius 1 is 1.19 bits per heavy atom. The Morgan fingerprint density at radius 3 is 2.62 bits per heavy atom. The van der Waals surface area contributed by atoms with Crippen LogP contribution < -0.4 is 10.6 Å². The van der Waals surface area contributed by atoms with Gasteiger partial charge in [-0.3, -0.25) is 0 Å². The van der Waals surface area contributed by atoms with E-state index in [1.165, 1.54) is 5.39 Å². The van der Waals surface area contributed by atoms with Gasteiger partial charge in [0.15, 0.2) is 5.96 Å². The van der Waals surface area contributed by atoms with Crippen LogP contribution in [0.1, 0.15) is 39.8 Å². The first-order chi connectivity index (χ1) is 12.1. The van der Waals surface area contributed by atoms with Crippen molar-refractivity contribution in [2.45, 2.75) is 46.8 Å². The molecule has 146 valence electrons. The molecule has 1 unspecified atom stereocenters. The Labute approximate surface area is 174 Å². The molecule has 1 atom stereocenters. The van der Waals surface area contributed by atoms with Gasteiger partial charge in [0.05, 0.1) is 12.6 Å². The van der Waals surface area contributed by atoms with E-state index in [4.69, 9.17) is 4.74 Å². The molecule has 0 spiro atoms. The van der Waals surface area contributed by atoms with Gasteiger partial charge in [0.25, 0.3) is 0 Å². The monoisotopic (exact) mass is 472 g/mol. The van der Waals surface area contributed by atoms with Crippen molar-refractivity contribution in [2.75, 3.05) is 19.7 Å². The maximum Gasteiger partial charge on any atom is 0.191 e. The third-order valence-corrected chi connectivity index (χ3v) is 4.18. The van der Waals surface area contributed by atoms with Crippen molar-refractivity contribution in [3.05, 3.63) is 36.0 Å². The number of nitrogens with zero attached hydrogens (tertiary/aromatic N) is 1. The number of aromatic nitrogens is 1. The van der Waals surface area contributed by atoms with Crippen LogP contribution in [-0.4, -0.2) is 36.7 Å². The number of aliphatic imine (C=N–C) groups is 1. The van der Waals surface area contributed by atoms with Crippen LogP contribution in [0, 0.1) is 5.92 Å². The fraction of sp³-hybridized carbons (Fsp3) is 0.550. The third-order valence-electron chi connectivity index (χ3n) is 4.18. The van der Waals surface area contributed by atoms with E-state index in [-0.39, 0.29) is 30.1 Å². The van der Waals surface area contributed by atoms with E-state index in [2.05, 4.69) is 72.6 Å². The summed E-state index contributed by atoms with van der Waals surface area (Å²) in [6.45, 7) is 11.6. The number of benzene rings is 1. The standard InChI is InChI=1S/C20H32N4O.HI/c1-5-21-20(22-12-11-19(15(3)4)25-6-2)23-14-17-13-16-9-7-8-10-18(16)24-17;/h7-10,13,15,19,24H,5-6,11-12,14H2,1-4H3,(H2,21,22,23);1H. The van der Waals surface area contributed by atoms with E-state index in [9.17, 15) is 0 Å². The normalized spacial score (nSPS) is 12.9. The van der Waals surface area contributed by atoms with Gasteiger partial charge in [-0.05, 0) is 43.7 Å². The van der Waals surface area contributed by atoms with Gasteiger partial charge >= 0.3 is 0 Å². The number of guanidine groups is 1. The molecule has 0 bridgehead atoms. The minimum atomic E-state index is 0. The molecule has 26 heavy (non-hydrogen) atoms. The Hall–Kier alpha value is -1.28. The molecule has 3 N–H and O–H groups in total. The Kier molecular flexibility index (Phi) is 10.7. The van der Waals surface area contributed by atoms with Crippen molar-refractivity contribution in [3.63, 3.8) is 0 Å². The van der Waals surface area contributed by atoms with Crippen molar-refractivity contribution in [3.8, 4) is 0 Å². The highest BCUT2D eigenvalue weighted by atomic mass is 127. The highest BCUT2D eigenvalue weighted by Crippen LogP contribution is 2.15. The number of hydrogen-bond donors (Lipinski definition) is 3. The van der Waals surface area contributed by atoms with Gasteiger partial charge in [-0.1, -0.05) is 32.0 Å². The van der Waals surface area contributed by atoms with Crippen molar-refractivity contribution in [1.82, 2.24) is 15.6 Å². The number of nitrogens with one attached hydrogen (secondary N) is 3. The molecule has 0 aliphatic rings. The Balaban J connectivity index is 0.00000338. The van der Waals surface area contributed by atoms with Crippen LogP contribution in [0.3, 0.4) is 0 Å². The number of rotatable bonds is 9. The molecule has 1 aromatic carbocycles. The summed E-state index contributed by atoms with van der Waals surface area (Å²) in [6.07, 6.45) is 1.26. The van der Waals surface area contributed by atoms with Crippen molar-refractivity contribution < 1.29 is 4.74 Å². The van der Waals surface area contributed by atoms with Gasteiger partial charge in [-0.25, -0.2) is 4.99 Å². The number of aromatic amines is 1. The van der Waals surface area contributed by atoms with Gasteiger partial charge < -0.3 is 20.4 Å². The van der Waals surface area contributed by atoms with Crippen LogP contribution in [0.4, 0.5) is 0 Å². The van der Waals surface area contributed by atoms with E-state index in [0.717, 1.165) is 43.3 Å². The number of H-pyrrole nitrogens is 1. The molecule has 2 rings (SSSR count). The van der Waals surface area contributed by atoms with Crippen LogP contribution in [-0.2, 0) is 11.3 Å². The zero-order chi connectivity index (χ0) is 18.1. The molecule has 1 aromatic heterocycles. The summed E-state index contributed by atoms with van der Waals surface area (Å²) in [5.41, 5.74) is 2.27. The van der Waals surface area contributed by atoms with Gasteiger partial charge in [-0.15, -0.1) is 24.0 Å². The zero-order valence-electron chi connectivity index (χ0n) is 16.3. The molecule has 2 aromatic rings. The number of fused-ring (bicyclic) bond motifs is 1. The molecule has 0 aliphatic heterocycles. The van der Waals surface area contributed by atoms with Crippen LogP contribution in [0.2, 0.25) is 0 Å². The van der Waals surface area contributed by atoms with Crippen molar-refractivity contribution >= 4 is 40.8 Å². The van der Waals surface area contributed by atoms with E-state index in [1.54, 1.807) is 0 Å². The summed E-state index contributed by atoms with van der Waals surface area (Å²) >= 11 is 0. The topological polar surface area (TPSA) is 61.4 Å². The molecule has 0 saturated heterocycles. The van der Waals surface area contributed by atoms with Gasteiger partial charge in [0.1, 0.15) is 0 Å². The smallest absolute Gasteiger partial charge is 0.191 e. The molecule has 0 amide bonds. The minimum absolute atomic E-state index is 0. The first-order valence-corrected chi connectivity index (χ1v) is 9.34. The predicted octanol–water partition coefficient (Wildman–Crippen LogP) is 4.29. The number of halogens is 1. The SMILES string of the molecule is CCNC(=NCc1cc2ccccc2[nH]1)NCCC(OCC)C(C)C.I. The highest BCUT2D eigenvalue weighted by molar-refractivity contribution is 14.0. The summed E-state index contributed by atoms with van der Waals surface area (Å²) < 4.78 is 5.80. The maximum atomic E-state index is 5.80. The summed E-state index contributed by atoms with van der Waals surface area (Å²) in [6, 6.07) is 10.5. The second-order valence-corrected chi connectivity index (χ2v) is 6.53. The largest absolute Gasteiger partial charge is 0.378 e. The van der Waals surface area contributed by atoms with Gasteiger partial charge in [0.2, 0.25) is 0 Å². The molecular formula is C20H33IN4O. The van der Waals surface area contributed by atoms with Crippen molar-refractivity contribution in [2.24, 2.45) is 10.9 Å². The Morgan fingerprint density at radius 2 is 1.96 bits per heavy atom. The molecule has 0 radical (unpaired) electrons. The predicted molar refractivity (Wildman–Crippen MR) is 121 cm³/mol. The summed E-state index contributed by atoms with van der Waals surface area (Å²) in [4.78, 5) is 8.11. The first kappa shape index (κ1) is 22.8. The molecular weight excluding hydrogens is 439 g/mol.